The number of aromatic nitrogens is 4. The summed E-state index contributed by atoms with van der Waals surface area (Å²) in [6.45, 7) is 8.32. The lowest BCUT2D eigenvalue weighted by atomic mass is 10.1. The first-order chi connectivity index (χ1) is 7.80. The first-order valence-electron chi connectivity index (χ1n) is 5.65. The molecule has 2 rings (SSSR count). The van der Waals surface area contributed by atoms with E-state index in [0.29, 0.717) is 5.82 Å². The largest absolute Gasteiger partial charge is 0.383 e. The first-order valence-corrected chi connectivity index (χ1v) is 5.65. The summed E-state index contributed by atoms with van der Waals surface area (Å²) in [6.07, 6.45) is 3.70. The van der Waals surface area contributed by atoms with E-state index in [1.165, 1.54) is 0 Å². The number of nitrogens with zero attached hydrogens (tertiary/aromatic N) is 4. The van der Waals surface area contributed by atoms with Crippen LogP contribution >= 0.6 is 0 Å². The van der Waals surface area contributed by atoms with Crippen LogP contribution < -0.4 is 5.73 Å². The fourth-order valence-electron chi connectivity index (χ4n) is 2.15. The lowest BCUT2D eigenvalue weighted by molar-refractivity contribution is 0.393. The highest BCUT2D eigenvalue weighted by Gasteiger charge is 2.22. The molecule has 0 saturated carbocycles. The quantitative estimate of drug-likeness (QED) is 0.818. The van der Waals surface area contributed by atoms with Crippen molar-refractivity contribution >= 4 is 5.82 Å². The number of aryl methyl sites for hydroxylation is 2. The molecular formula is C12H19N5. The van der Waals surface area contributed by atoms with Gasteiger partial charge in [-0.1, -0.05) is 0 Å². The molecule has 5 nitrogen and oxygen atoms in total. The highest BCUT2D eigenvalue weighted by molar-refractivity contribution is 5.70. The zero-order valence-corrected chi connectivity index (χ0v) is 11.0. The maximum Gasteiger partial charge on any atom is 0.132 e. The Morgan fingerprint density at radius 1 is 1.29 bits per heavy atom. The van der Waals surface area contributed by atoms with Crippen LogP contribution in [-0.2, 0) is 12.6 Å². The molecule has 0 aliphatic carbocycles. The number of nitrogens with two attached hydrogens (primary N) is 1. The van der Waals surface area contributed by atoms with E-state index in [2.05, 4.69) is 35.4 Å². The smallest absolute Gasteiger partial charge is 0.132 e. The van der Waals surface area contributed by atoms with Gasteiger partial charge >= 0.3 is 0 Å². The lowest BCUT2D eigenvalue weighted by Crippen LogP contribution is -2.24. The molecule has 0 atom stereocenters. The summed E-state index contributed by atoms with van der Waals surface area (Å²) in [6, 6.07) is 0. The Kier molecular flexibility index (Phi) is 2.49. The first kappa shape index (κ1) is 11.7. The molecule has 0 aromatic carbocycles. The van der Waals surface area contributed by atoms with Crippen LogP contribution in [0.2, 0.25) is 0 Å². The molecule has 17 heavy (non-hydrogen) atoms. The third kappa shape index (κ3) is 1.92. The van der Waals surface area contributed by atoms with Gasteiger partial charge in [-0.15, -0.1) is 0 Å². The van der Waals surface area contributed by atoms with Gasteiger partial charge in [0.25, 0.3) is 0 Å². The summed E-state index contributed by atoms with van der Waals surface area (Å²) >= 11 is 0. The van der Waals surface area contributed by atoms with E-state index in [1.54, 1.807) is 10.9 Å². The fraction of sp³-hybridized carbons (Fsp3) is 0.500. The number of rotatable bonds is 1. The summed E-state index contributed by atoms with van der Waals surface area (Å²) in [5, 5.41) is 4.15. The average molecular weight is 233 g/mol. The van der Waals surface area contributed by atoms with Crippen molar-refractivity contribution in [1.29, 1.82) is 0 Å². The van der Waals surface area contributed by atoms with Crippen molar-refractivity contribution in [3.8, 4) is 11.3 Å². The highest BCUT2D eigenvalue weighted by atomic mass is 15.2. The van der Waals surface area contributed by atoms with E-state index in [0.717, 1.165) is 17.1 Å². The van der Waals surface area contributed by atoms with E-state index in [4.69, 9.17) is 5.73 Å². The SMILES string of the molecule is Cc1nc(-c2cnn(C)c2)c(N)n1C(C)(C)C. The molecule has 0 saturated heterocycles. The standard InChI is InChI=1S/C12H19N5/c1-8-15-10(9-6-14-16(5)7-9)11(13)17(8)12(2,3)4/h6-7H,13H2,1-5H3. The van der Waals surface area contributed by atoms with Gasteiger partial charge in [-0.3, -0.25) is 4.68 Å². The molecule has 0 radical (unpaired) electrons. The van der Waals surface area contributed by atoms with Gasteiger partial charge in [-0.25, -0.2) is 4.98 Å². The van der Waals surface area contributed by atoms with E-state index in [-0.39, 0.29) is 5.54 Å². The lowest BCUT2D eigenvalue weighted by Gasteiger charge is -2.24. The van der Waals surface area contributed by atoms with Gasteiger partial charge in [-0.2, -0.15) is 5.10 Å². The van der Waals surface area contributed by atoms with Crippen LogP contribution in [0.3, 0.4) is 0 Å². The van der Waals surface area contributed by atoms with E-state index >= 15 is 0 Å². The number of anilines is 1. The predicted molar refractivity (Wildman–Crippen MR) is 68.6 cm³/mol. The van der Waals surface area contributed by atoms with Crippen molar-refractivity contribution in [3.63, 3.8) is 0 Å². The van der Waals surface area contributed by atoms with Gasteiger partial charge in [0.2, 0.25) is 0 Å². The van der Waals surface area contributed by atoms with Gasteiger partial charge in [0.1, 0.15) is 17.3 Å². The molecular weight excluding hydrogens is 214 g/mol. The van der Waals surface area contributed by atoms with Crippen LogP contribution in [-0.4, -0.2) is 19.3 Å². The van der Waals surface area contributed by atoms with Gasteiger partial charge in [0.05, 0.1) is 6.20 Å². The monoisotopic (exact) mass is 233 g/mol. The van der Waals surface area contributed by atoms with Crippen molar-refractivity contribution < 1.29 is 0 Å². The van der Waals surface area contributed by atoms with Crippen molar-refractivity contribution in [2.24, 2.45) is 7.05 Å². The topological polar surface area (TPSA) is 61.7 Å². The van der Waals surface area contributed by atoms with Crippen molar-refractivity contribution in [2.75, 3.05) is 5.73 Å². The van der Waals surface area contributed by atoms with Crippen LogP contribution in [0, 0.1) is 6.92 Å². The third-order valence-corrected chi connectivity index (χ3v) is 2.73. The Balaban J connectivity index is 2.59. The predicted octanol–water partition coefficient (Wildman–Crippen LogP) is 1.93. The molecule has 2 N–H and O–H groups in total. The van der Waals surface area contributed by atoms with Gasteiger partial charge in [0.15, 0.2) is 0 Å². The van der Waals surface area contributed by atoms with Crippen LogP contribution in [0.5, 0.6) is 0 Å². The minimum absolute atomic E-state index is 0.0678. The molecule has 2 aromatic heterocycles. The Morgan fingerprint density at radius 3 is 2.35 bits per heavy atom. The molecule has 0 amide bonds. The minimum Gasteiger partial charge on any atom is -0.383 e. The van der Waals surface area contributed by atoms with Crippen molar-refractivity contribution in [1.82, 2.24) is 19.3 Å². The number of imidazole rings is 1. The molecule has 92 valence electrons. The fourth-order valence-corrected chi connectivity index (χ4v) is 2.15. The number of nitrogen functional groups attached to an aromatic ring is 1. The normalized spacial score (nSPS) is 12.1. The molecule has 0 unspecified atom stereocenters. The number of hydrogen-bond donors (Lipinski definition) is 1. The second-order valence-corrected chi connectivity index (χ2v) is 5.30. The second-order valence-electron chi connectivity index (χ2n) is 5.30. The highest BCUT2D eigenvalue weighted by Crippen LogP contribution is 2.30. The van der Waals surface area contributed by atoms with Gasteiger partial charge in [-0.05, 0) is 27.7 Å². The number of hydrogen-bond acceptors (Lipinski definition) is 3. The Labute approximate surface area is 101 Å². The molecule has 0 spiro atoms. The summed E-state index contributed by atoms with van der Waals surface area (Å²) < 4.78 is 3.80. The third-order valence-electron chi connectivity index (χ3n) is 2.73. The van der Waals surface area contributed by atoms with Crippen LogP contribution in [0.15, 0.2) is 12.4 Å². The minimum atomic E-state index is -0.0678. The Morgan fingerprint density at radius 2 is 1.94 bits per heavy atom. The Hall–Kier alpha value is -1.78. The molecule has 0 aliphatic rings. The zero-order chi connectivity index (χ0) is 12.8. The molecule has 0 fully saturated rings. The summed E-state index contributed by atoms with van der Waals surface area (Å²) in [7, 11) is 1.88. The maximum atomic E-state index is 6.20. The molecule has 2 heterocycles. The maximum absolute atomic E-state index is 6.20. The summed E-state index contributed by atoms with van der Waals surface area (Å²) in [4.78, 5) is 4.54. The molecule has 0 bridgehead atoms. The van der Waals surface area contributed by atoms with Crippen molar-refractivity contribution in [2.45, 2.75) is 33.2 Å². The average Bonchev–Trinajstić information content (AvgIpc) is 2.69. The summed E-state index contributed by atoms with van der Waals surface area (Å²) in [5.41, 5.74) is 7.89. The van der Waals surface area contributed by atoms with E-state index < -0.39 is 0 Å². The molecule has 5 heteroatoms. The van der Waals surface area contributed by atoms with Crippen molar-refractivity contribution in [3.05, 3.63) is 18.2 Å². The molecule has 2 aromatic rings. The summed E-state index contributed by atoms with van der Waals surface area (Å²) in [5.74, 6) is 1.62. The van der Waals surface area contributed by atoms with E-state index in [1.807, 2.05) is 20.2 Å². The van der Waals surface area contributed by atoms with Gasteiger partial charge in [0, 0.05) is 24.3 Å². The van der Waals surface area contributed by atoms with Gasteiger partial charge < -0.3 is 10.3 Å². The second kappa shape index (κ2) is 3.61. The van der Waals surface area contributed by atoms with Crippen LogP contribution in [0.4, 0.5) is 5.82 Å². The van der Waals surface area contributed by atoms with Crippen LogP contribution in [0.25, 0.3) is 11.3 Å². The zero-order valence-electron chi connectivity index (χ0n) is 11.0. The molecule has 0 aliphatic heterocycles. The Bertz CT molecular complexity index is 542. The van der Waals surface area contributed by atoms with E-state index in [9.17, 15) is 0 Å². The van der Waals surface area contributed by atoms with Crippen LogP contribution in [0.1, 0.15) is 26.6 Å².